The van der Waals surface area contributed by atoms with Crippen molar-refractivity contribution < 1.29 is 9.52 Å². The summed E-state index contributed by atoms with van der Waals surface area (Å²) < 4.78 is 5.01. The standard InChI is InChI=1S/C16H13N3O3/c1-10-9-13(20)14(15(21)22-10)12-7-8-17-16(19-12)18-11-5-3-2-4-6-11/h2-9,20H,1H3,(H,17,18,19). The van der Waals surface area contributed by atoms with Crippen LogP contribution in [0, 0.1) is 6.92 Å². The van der Waals surface area contributed by atoms with Crippen LogP contribution in [0.3, 0.4) is 0 Å². The molecule has 3 aromatic rings. The van der Waals surface area contributed by atoms with Crippen LogP contribution in [0.15, 0.2) is 57.9 Å². The summed E-state index contributed by atoms with van der Waals surface area (Å²) in [6.45, 7) is 1.59. The van der Waals surface area contributed by atoms with Gasteiger partial charge in [-0.2, -0.15) is 0 Å². The van der Waals surface area contributed by atoms with Crippen molar-refractivity contribution in [3.8, 4) is 17.0 Å². The average molecular weight is 295 g/mol. The van der Waals surface area contributed by atoms with Crippen molar-refractivity contribution in [3.05, 3.63) is 64.8 Å². The van der Waals surface area contributed by atoms with Crippen molar-refractivity contribution in [2.45, 2.75) is 6.92 Å². The molecule has 2 N–H and O–H groups in total. The summed E-state index contributed by atoms with van der Waals surface area (Å²) in [6.07, 6.45) is 1.51. The monoisotopic (exact) mass is 295 g/mol. The van der Waals surface area contributed by atoms with Gasteiger partial charge in [-0.05, 0) is 25.1 Å². The molecule has 0 aliphatic carbocycles. The van der Waals surface area contributed by atoms with E-state index in [-0.39, 0.29) is 11.3 Å². The van der Waals surface area contributed by atoms with Crippen LogP contribution in [-0.4, -0.2) is 15.1 Å². The second-order valence-electron chi connectivity index (χ2n) is 4.66. The first kappa shape index (κ1) is 13.8. The van der Waals surface area contributed by atoms with E-state index in [0.717, 1.165) is 5.69 Å². The topological polar surface area (TPSA) is 88.3 Å². The van der Waals surface area contributed by atoms with Gasteiger partial charge in [0.15, 0.2) is 0 Å². The number of para-hydroxylation sites is 1. The van der Waals surface area contributed by atoms with Gasteiger partial charge in [0.05, 0.1) is 5.69 Å². The number of nitrogens with zero attached hydrogens (tertiary/aromatic N) is 2. The van der Waals surface area contributed by atoms with Crippen molar-refractivity contribution in [1.29, 1.82) is 0 Å². The van der Waals surface area contributed by atoms with E-state index in [1.165, 1.54) is 18.3 Å². The lowest BCUT2D eigenvalue weighted by Gasteiger charge is -2.07. The van der Waals surface area contributed by atoms with E-state index in [2.05, 4.69) is 15.3 Å². The van der Waals surface area contributed by atoms with Crippen LogP contribution < -0.4 is 10.9 Å². The highest BCUT2D eigenvalue weighted by Gasteiger charge is 2.14. The Labute approximate surface area is 126 Å². The molecule has 110 valence electrons. The molecule has 6 heteroatoms. The predicted octanol–water partition coefficient (Wildman–Crippen LogP) is 2.85. The Kier molecular flexibility index (Phi) is 3.57. The van der Waals surface area contributed by atoms with Crippen molar-refractivity contribution in [2.75, 3.05) is 5.32 Å². The lowest BCUT2D eigenvalue weighted by atomic mass is 10.2. The van der Waals surface area contributed by atoms with E-state index in [1.807, 2.05) is 30.3 Å². The van der Waals surface area contributed by atoms with Gasteiger partial charge in [0.1, 0.15) is 17.1 Å². The van der Waals surface area contributed by atoms with Gasteiger partial charge in [0, 0.05) is 18.0 Å². The van der Waals surface area contributed by atoms with Crippen molar-refractivity contribution >= 4 is 11.6 Å². The minimum atomic E-state index is -0.637. The van der Waals surface area contributed by atoms with E-state index >= 15 is 0 Å². The molecule has 0 saturated heterocycles. The fraction of sp³-hybridized carbons (Fsp3) is 0.0625. The van der Waals surface area contributed by atoms with Crippen molar-refractivity contribution in [3.63, 3.8) is 0 Å². The number of aromatic hydroxyl groups is 1. The Balaban J connectivity index is 2.00. The molecular formula is C16H13N3O3. The lowest BCUT2D eigenvalue weighted by Crippen LogP contribution is -2.06. The molecule has 0 fully saturated rings. The van der Waals surface area contributed by atoms with E-state index in [9.17, 15) is 9.90 Å². The molecule has 2 heterocycles. The van der Waals surface area contributed by atoms with Crippen LogP contribution in [0.4, 0.5) is 11.6 Å². The summed E-state index contributed by atoms with van der Waals surface area (Å²) >= 11 is 0. The Morgan fingerprint density at radius 3 is 2.68 bits per heavy atom. The molecule has 3 rings (SSSR count). The van der Waals surface area contributed by atoms with Crippen molar-refractivity contribution in [1.82, 2.24) is 9.97 Å². The fourth-order valence-corrected chi connectivity index (χ4v) is 2.04. The maximum atomic E-state index is 11.9. The third-order valence-corrected chi connectivity index (χ3v) is 3.00. The second-order valence-corrected chi connectivity index (χ2v) is 4.66. The van der Waals surface area contributed by atoms with Gasteiger partial charge in [-0.3, -0.25) is 0 Å². The number of anilines is 2. The summed E-state index contributed by atoms with van der Waals surface area (Å²) in [5.74, 6) is 0.490. The maximum absolute atomic E-state index is 11.9. The maximum Gasteiger partial charge on any atom is 0.349 e. The summed E-state index contributed by atoms with van der Waals surface area (Å²) in [5, 5.41) is 13.0. The summed E-state index contributed by atoms with van der Waals surface area (Å²) in [4.78, 5) is 20.3. The molecule has 2 aromatic heterocycles. The molecule has 0 unspecified atom stereocenters. The van der Waals surface area contributed by atoms with Crippen LogP contribution in [0.25, 0.3) is 11.3 Å². The van der Waals surface area contributed by atoms with Gasteiger partial charge in [0.2, 0.25) is 5.95 Å². The molecule has 0 aliphatic rings. The molecule has 0 aliphatic heterocycles. The highest BCUT2D eigenvalue weighted by Crippen LogP contribution is 2.25. The quantitative estimate of drug-likeness (QED) is 0.772. The zero-order chi connectivity index (χ0) is 15.5. The summed E-state index contributed by atoms with van der Waals surface area (Å²) in [6, 6.07) is 12.3. The molecule has 0 atom stereocenters. The zero-order valence-electron chi connectivity index (χ0n) is 11.8. The minimum Gasteiger partial charge on any atom is -0.507 e. The van der Waals surface area contributed by atoms with E-state index in [0.29, 0.717) is 17.4 Å². The van der Waals surface area contributed by atoms with E-state index in [1.54, 1.807) is 6.92 Å². The Bertz CT molecular complexity index is 860. The normalized spacial score (nSPS) is 10.4. The third-order valence-electron chi connectivity index (χ3n) is 3.00. The zero-order valence-corrected chi connectivity index (χ0v) is 11.8. The third kappa shape index (κ3) is 2.80. The minimum absolute atomic E-state index is 0.0177. The molecule has 6 nitrogen and oxygen atoms in total. The molecule has 0 amide bonds. The highest BCUT2D eigenvalue weighted by molar-refractivity contribution is 5.66. The Morgan fingerprint density at radius 2 is 1.95 bits per heavy atom. The molecule has 0 bridgehead atoms. The Hall–Kier alpha value is -3.15. The van der Waals surface area contributed by atoms with Gasteiger partial charge in [-0.1, -0.05) is 18.2 Å². The van der Waals surface area contributed by atoms with Crippen LogP contribution >= 0.6 is 0 Å². The smallest absolute Gasteiger partial charge is 0.349 e. The van der Waals surface area contributed by atoms with E-state index in [4.69, 9.17) is 4.42 Å². The number of benzene rings is 1. The lowest BCUT2D eigenvalue weighted by molar-refractivity contribution is 0.438. The van der Waals surface area contributed by atoms with Gasteiger partial charge >= 0.3 is 5.63 Å². The van der Waals surface area contributed by atoms with Crippen LogP contribution in [0.5, 0.6) is 5.75 Å². The van der Waals surface area contributed by atoms with Crippen molar-refractivity contribution in [2.24, 2.45) is 0 Å². The SMILES string of the molecule is Cc1cc(O)c(-c2ccnc(Nc3ccccc3)n2)c(=O)o1. The first-order valence-corrected chi connectivity index (χ1v) is 6.63. The van der Waals surface area contributed by atoms with Crippen LogP contribution in [0.1, 0.15) is 5.76 Å². The van der Waals surface area contributed by atoms with Crippen LogP contribution in [-0.2, 0) is 0 Å². The van der Waals surface area contributed by atoms with E-state index < -0.39 is 5.63 Å². The fourth-order valence-electron chi connectivity index (χ4n) is 2.04. The highest BCUT2D eigenvalue weighted by atomic mass is 16.4. The molecule has 0 radical (unpaired) electrons. The Morgan fingerprint density at radius 1 is 1.18 bits per heavy atom. The number of aromatic nitrogens is 2. The number of hydrogen-bond donors (Lipinski definition) is 2. The predicted molar refractivity (Wildman–Crippen MR) is 82.1 cm³/mol. The molecular weight excluding hydrogens is 282 g/mol. The van der Waals surface area contributed by atoms with Gasteiger partial charge in [-0.25, -0.2) is 14.8 Å². The number of nitrogens with one attached hydrogen (secondary N) is 1. The molecule has 1 aromatic carbocycles. The van der Waals surface area contributed by atoms with Crippen LogP contribution in [0.2, 0.25) is 0 Å². The van der Waals surface area contributed by atoms with Gasteiger partial charge in [-0.15, -0.1) is 0 Å². The summed E-state index contributed by atoms with van der Waals surface area (Å²) in [5.41, 5.74) is 0.491. The first-order valence-electron chi connectivity index (χ1n) is 6.63. The van der Waals surface area contributed by atoms with Gasteiger partial charge in [0.25, 0.3) is 0 Å². The first-order chi connectivity index (χ1) is 10.6. The molecule has 0 spiro atoms. The largest absolute Gasteiger partial charge is 0.507 e. The van der Waals surface area contributed by atoms with Gasteiger partial charge < -0.3 is 14.8 Å². The molecule has 22 heavy (non-hydrogen) atoms. The summed E-state index contributed by atoms with van der Waals surface area (Å²) in [7, 11) is 0. The second kappa shape index (κ2) is 5.69. The number of hydrogen-bond acceptors (Lipinski definition) is 6. The molecule has 0 saturated carbocycles. The number of aryl methyl sites for hydroxylation is 1. The number of rotatable bonds is 3. The average Bonchev–Trinajstić information content (AvgIpc) is 2.47.